The Balaban J connectivity index is 0.00000120. The molecule has 3 rings (SSSR count). The molecule has 1 aromatic carbocycles. The average molecular weight is 310 g/mol. The van der Waals surface area contributed by atoms with Crippen molar-refractivity contribution in [3.8, 4) is 11.3 Å². The van der Waals surface area contributed by atoms with Gasteiger partial charge in [-0.2, -0.15) is 4.98 Å². The summed E-state index contributed by atoms with van der Waals surface area (Å²) in [5.41, 5.74) is 8.56. The molecule has 4 nitrogen and oxygen atoms in total. The molecule has 0 bridgehead atoms. The van der Waals surface area contributed by atoms with E-state index < -0.39 is 0 Å². The Morgan fingerprint density at radius 1 is 1.11 bits per heavy atom. The normalized spacial score (nSPS) is 14.6. The van der Waals surface area contributed by atoms with Gasteiger partial charge in [-0.1, -0.05) is 12.1 Å². The van der Waals surface area contributed by atoms with Gasteiger partial charge >= 0.3 is 0 Å². The minimum absolute atomic E-state index is 0. The molecule has 0 aliphatic carbocycles. The number of nitrogens with two attached hydrogens (primary N) is 1. The highest BCUT2D eigenvalue weighted by atomic mass is 79.9. The van der Waals surface area contributed by atoms with Crippen LogP contribution in [0, 0.1) is 0 Å². The maximum Gasteiger partial charge on any atom is 0.292 e. The zero-order chi connectivity index (χ0) is 11.7. The van der Waals surface area contributed by atoms with Crippen molar-refractivity contribution < 1.29 is 4.42 Å². The van der Waals surface area contributed by atoms with Gasteiger partial charge in [-0.3, -0.25) is 0 Å². The van der Waals surface area contributed by atoms with Gasteiger partial charge in [0.05, 0.1) is 0 Å². The number of anilines is 2. The molecule has 2 N–H and O–H groups in total. The van der Waals surface area contributed by atoms with Gasteiger partial charge in [-0.15, -0.1) is 17.0 Å². The molecule has 1 fully saturated rings. The fourth-order valence-corrected chi connectivity index (χ4v) is 2.24. The molecule has 0 unspecified atom stereocenters. The van der Waals surface area contributed by atoms with Crippen LogP contribution in [0.5, 0.6) is 0 Å². The Labute approximate surface area is 117 Å². The second-order valence-electron chi connectivity index (χ2n) is 4.31. The third-order valence-corrected chi connectivity index (χ3v) is 3.16. The molecule has 0 amide bonds. The van der Waals surface area contributed by atoms with E-state index in [1.54, 1.807) is 6.26 Å². The van der Waals surface area contributed by atoms with Crippen LogP contribution in [0.3, 0.4) is 0 Å². The number of benzene rings is 1. The van der Waals surface area contributed by atoms with E-state index in [0.29, 0.717) is 0 Å². The van der Waals surface area contributed by atoms with Crippen molar-refractivity contribution in [3.63, 3.8) is 0 Å². The molecule has 1 saturated heterocycles. The van der Waals surface area contributed by atoms with E-state index in [9.17, 15) is 0 Å². The highest BCUT2D eigenvalue weighted by Gasteiger charge is 2.12. The van der Waals surface area contributed by atoms with E-state index in [-0.39, 0.29) is 23.0 Å². The average Bonchev–Trinajstić information content (AvgIpc) is 3.00. The van der Waals surface area contributed by atoms with Crippen molar-refractivity contribution in [3.05, 3.63) is 30.5 Å². The van der Waals surface area contributed by atoms with Crippen molar-refractivity contribution >= 4 is 28.7 Å². The van der Waals surface area contributed by atoms with Crippen LogP contribution < -0.4 is 10.6 Å². The van der Waals surface area contributed by atoms with Crippen molar-refractivity contribution in [2.45, 2.75) is 12.8 Å². The summed E-state index contributed by atoms with van der Waals surface area (Å²) >= 11 is 0. The highest BCUT2D eigenvalue weighted by molar-refractivity contribution is 8.93. The Kier molecular flexibility index (Phi) is 3.91. The monoisotopic (exact) mass is 309 g/mol. The van der Waals surface area contributed by atoms with Crippen LogP contribution in [0.4, 0.5) is 11.7 Å². The molecule has 0 spiro atoms. The Morgan fingerprint density at radius 3 is 2.33 bits per heavy atom. The van der Waals surface area contributed by atoms with Gasteiger partial charge in [0.25, 0.3) is 6.01 Å². The second kappa shape index (κ2) is 5.44. The van der Waals surface area contributed by atoms with Gasteiger partial charge < -0.3 is 15.1 Å². The Hall–Kier alpha value is -1.49. The molecule has 1 aromatic heterocycles. The van der Waals surface area contributed by atoms with Gasteiger partial charge in [0.15, 0.2) is 0 Å². The van der Waals surface area contributed by atoms with Crippen LogP contribution in [0.1, 0.15) is 12.8 Å². The van der Waals surface area contributed by atoms with E-state index in [2.05, 4.69) is 34.1 Å². The highest BCUT2D eigenvalue weighted by Crippen LogP contribution is 2.25. The molecule has 2 heterocycles. The smallest absolute Gasteiger partial charge is 0.292 e. The SMILES string of the molecule is Br.Nc1nc(-c2ccc(N3CCCC3)cc2)co1. The number of aromatic nitrogens is 1. The second-order valence-corrected chi connectivity index (χ2v) is 4.31. The van der Waals surface area contributed by atoms with Crippen molar-refractivity contribution in [1.29, 1.82) is 0 Å². The minimum Gasteiger partial charge on any atom is -0.432 e. The fourth-order valence-electron chi connectivity index (χ4n) is 2.24. The topological polar surface area (TPSA) is 55.3 Å². The third kappa shape index (κ3) is 2.51. The number of nitrogens with zero attached hydrogens (tertiary/aromatic N) is 2. The molecule has 1 aliphatic rings. The Bertz CT molecular complexity index is 503. The summed E-state index contributed by atoms with van der Waals surface area (Å²) in [5, 5.41) is 0. The number of hydrogen-bond acceptors (Lipinski definition) is 4. The predicted molar refractivity (Wildman–Crippen MR) is 78.1 cm³/mol. The first-order valence-electron chi connectivity index (χ1n) is 5.89. The van der Waals surface area contributed by atoms with Gasteiger partial charge in [0.1, 0.15) is 12.0 Å². The minimum atomic E-state index is 0. The van der Waals surface area contributed by atoms with Gasteiger partial charge in [0, 0.05) is 24.3 Å². The van der Waals surface area contributed by atoms with E-state index in [1.807, 2.05) is 0 Å². The van der Waals surface area contributed by atoms with Gasteiger partial charge in [-0.05, 0) is 25.0 Å². The summed E-state index contributed by atoms with van der Waals surface area (Å²) in [6, 6.07) is 8.59. The van der Waals surface area contributed by atoms with Crippen LogP contribution >= 0.6 is 17.0 Å². The molecule has 0 radical (unpaired) electrons. The van der Waals surface area contributed by atoms with E-state index in [1.165, 1.54) is 18.5 Å². The Morgan fingerprint density at radius 2 is 1.78 bits per heavy atom. The molecule has 18 heavy (non-hydrogen) atoms. The zero-order valence-electron chi connectivity index (χ0n) is 10.0. The molecule has 0 saturated carbocycles. The van der Waals surface area contributed by atoms with Crippen molar-refractivity contribution in [1.82, 2.24) is 4.98 Å². The van der Waals surface area contributed by atoms with Crippen LogP contribution in [0.15, 0.2) is 34.9 Å². The number of hydrogen-bond donors (Lipinski definition) is 1. The summed E-state index contributed by atoms with van der Waals surface area (Å²) < 4.78 is 5.01. The molecule has 96 valence electrons. The molecule has 0 atom stereocenters. The van der Waals surface area contributed by atoms with Crippen LogP contribution in [0.2, 0.25) is 0 Å². The third-order valence-electron chi connectivity index (χ3n) is 3.16. The lowest BCUT2D eigenvalue weighted by molar-refractivity contribution is 0.581. The summed E-state index contributed by atoms with van der Waals surface area (Å²) in [5.74, 6) is 0. The fraction of sp³-hybridized carbons (Fsp3) is 0.308. The molecule has 1 aliphatic heterocycles. The van der Waals surface area contributed by atoms with Crippen molar-refractivity contribution in [2.75, 3.05) is 23.7 Å². The predicted octanol–water partition coefficient (Wildman–Crippen LogP) is 3.10. The zero-order valence-corrected chi connectivity index (χ0v) is 11.7. The maximum absolute atomic E-state index is 5.46. The quantitative estimate of drug-likeness (QED) is 0.926. The van der Waals surface area contributed by atoms with Crippen LogP contribution in [-0.4, -0.2) is 18.1 Å². The molecular weight excluding hydrogens is 294 g/mol. The number of rotatable bonds is 2. The largest absolute Gasteiger partial charge is 0.432 e. The lowest BCUT2D eigenvalue weighted by Gasteiger charge is -2.17. The first kappa shape index (κ1) is 13.0. The summed E-state index contributed by atoms with van der Waals surface area (Å²) in [4.78, 5) is 6.51. The van der Waals surface area contributed by atoms with Gasteiger partial charge in [-0.25, -0.2) is 0 Å². The van der Waals surface area contributed by atoms with E-state index >= 15 is 0 Å². The first-order chi connectivity index (χ1) is 8.33. The molecular formula is C13H16BrN3O. The number of nitrogen functional groups attached to an aromatic ring is 1. The van der Waals surface area contributed by atoms with E-state index in [0.717, 1.165) is 24.3 Å². The summed E-state index contributed by atoms with van der Waals surface area (Å²) in [6.07, 6.45) is 4.17. The summed E-state index contributed by atoms with van der Waals surface area (Å²) in [6.45, 7) is 2.33. The van der Waals surface area contributed by atoms with Crippen LogP contribution in [-0.2, 0) is 0 Å². The summed E-state index contributed by atoms with van der Waals surface area (Å²) in [7, 11) is 0. The van der Waals surface area contributed by atoms with Gasteiger partial charge in [0.2, 0.25) is 0 Å². The number of oxazole rings is 1. The lowest BCUT2D eigenvalue weighted by atomic mass is 10.1. The molecule has 5 heteroatoms. The first-order valence-corrected chi connectivity index (χ1v) is 5.89. The maximum atomic E-state index is 5.46. The molecule has 2 aromatic rings. The van der Waals surface area contributed by atoms with E-state index in [4.69, 9.17) is 10.2 Å². The number of halogens is 1. The lowest BCUT2D eigenvalue weighted by Crippen LogP contribution is -2.17. The van der Waals surface area contributed by atoms with Crippen LogP contribution in [0.25, 0.3) is 11.3 Å². The van der Waals surface area contributed by atoms with Crippen molar-refractivity contribution in [2.24, 2.45) is 0 Å². The standard InChI is InChI=1S/C13H15N3O.BrH/c14-13-15-12(9-17-13)10-3-5-11(6-4-10)16-7-1-2-8-16;/h3-6,9H,1-2,7-8H2,(H2,14,15);1H.